The Kier molecular flexibility index (Phi) is 7.04. The molecule has 4 heteroatoms. The zero-order valence-corrected chi connectivity index (χ0v) is 14.3. The Balaban J connectivity index is 2.66. The maximum atomic E-state index is 11.5. The molecule has 1 aromatic rings. The maximum absolute atomic E-state index is 11.5. The van der Waals surface area contributed by atoms with E-state index in [9.17, 15) is 4.79 Å². The number of hydrogen-bond donors (Lipinski definition) is 0. The smallest absolute Gasteiger partial charge is 0.435 e. The molecule has 3 nitrogen and oxygen atoms in total. The summed E-state index contributed by atoms with van der Waals surface area (Å²) in [7, 11) is -1.49. The molecule has 0 amide bonds. The average Bonchev–Trinajstić information content (AvgIpc) is 2.42. The van der Waals surface area contributed by atoms with Crippen molar-refractivity contribution in [2.75, 3.05) is 6.61 Å². The molecule has 1 rings (SSSR count). The summed E-state index contributed by atoms with van der Waals surface area (Å²) in [5, 5.41) is 0. The van der Waals surface area contributed by atoms with Crippen LogP contribution in [-0.4, -0.2) is 26.9 Å². The summed E-state index contributed by atoms with van der Waals surface area (Å²) in [5.74, 6) is 3.11. The normalized spacial score (nSPS) is 12.0. The van der Waals surface area contributed by atoms with Crippen molar-refractivity contribution in [3.05, 3.63) is 35.9 Å². The van der Waals surface area contributed by atoms with Crippen molar-refractivity contribution in [1.29, 1.82) is 0 Å². The summed E-state index contributed by atoms with van der Waals surface area (Å²) in [6.07, 6.45) is 0.461. The maximum Gasteiger partial charge on any atom is 0.509 e. The Morgan fingerprint density at radius 2 is 1.90 bits per heavy atom. The van der Waals surface area contributed by atoms with Crippen LogP contribution in [0, 0.1) is 11.5 Å². The fourth-order valence-corrected chi connectivity index (χ4v) is 2.26. The molecule has 1 atom stereocenters. The molecule has 0 heterocycles. The van der Waals surface area contributed by atoms with Gasteiger partial charge in [0.1, 0.15) is 8.07 Å². The monoisotopic (exact) mass is 304 g/mol. The van der Waals surface area contributed by atoms with Gasteiger partial charge < -0.3 is 9.47 Å². The molecule has 0 saturated carbocycles. The van der Waals surface area contributed by atoms with Gasteiger partial charge in [-0.2, -0.15) is 0 Å². The lowest BCUT2D eigenvalue weighted by molar-refractivity contribution is 0.0410. The highest BCUT2D eigenvalue weighted by Gasteiger charge is 2.15. The standard InChI is InChI=1S/C17H24O3Si/c1-5-19-17(18)20-16(13-14-21(2,3)4)12-11-15-9-7-6-8-10-15/h6-10,16H,5,11-12H2,1-4H3. The van der Waals surface area contributed by atoms with E-state index in [0.717, 1.165) is 6.42 Å². The van der Waals surface area contributed by atoms with Gasteiger partial charge in [-0.1, -0.05) is 55.9 Å². The molecule has 0 saturated heterocycles. The molecular weight excluding hydrogens is 280 g/mol. The summed E-state index contributed by atoms with van der Waals surface area (Å²) >= 11 is 0. The van der Waals surface area contributed by atoms with E-state index in [1.165, 1.54) is 5.56 Å². The van der Waals surface area contributed by atoms with Crippen molar-refractivity contribution in [2.24, 2.45) is 0 Å². The summed E-state index contributed by atoms with van der Waals surface area (Å²) in [6.45, 7) is 8.57. The summed E-state index contributed by atoms with van der Waals surface area (Å²) in [5.41, 5.74) is 4.47. The Bertz CT molecular complexity index is 494. The van der Waals surface area contributed by atoms with Gasteiger partial charge in [0.05, 0.1) is 6.61 Å². The first-order valence-electron chi connectivity index (χ1n) is 7.31. The summed E-state index contributed by atoms with van der Waals surface area (Å²) < 4.78 is 10.1. The molecule has 0 fully saturated rings. The van der Waals surface area contributed by atoms with Crippen molar-refractivity contribution in [3.8, 4) is 11.5 Å². The van der Waals surface area contributed by atoms with Crippen LogP contribution in [0.25, 0.3) is 0 Å². The van der Waals surface area contributed by atoms with E-state index >= 15 is 0 Å². The Labute approximate surface area is 128 Å². The second-order valence-electron chi connectivity index (χ2n) is 5.83. The molecule has 0 N–H and O–H groups in total. The van der Waals surface area contributed by atoms with Gasteiger partial charge in [-0.25, -0.2) is 4.79 Å². The quantitative estimate of drug-likeness (QED) is 0.468. The van der Waals surface area contributed by atoms with Crippen LogP contribution >= 0.6 is 0 Å². The molecule has 0 spiro atoms. The van der Waals surface area contributed by atoms with Gasteiger partial charge in [-0.05, 0) is 18.9 Å². The summed E-state index contributed by atoms with van der Waals surface area (Å²) in [6, 6.07) is 10.1. The molecule has 114 valence electrons. The van der Waals surface area contributed by atoms with Crippen LogP contribution in [0.2, 0.25) is 19.6 Å². The topological polar surface area (TPSA) is 35.5 Å². The van der Waals surface area contributed by atoms with E-state index < -0.39 is 20.3 Å². The lowest BCUT2D eigenvalue weighted by Gasteiger charge is -2.13. The van der Waals surface area contributed by atoms with Crippen LogP contribution < -0.4 is 0 Å². The van der Waals surface area contributed by atoms with E-state index in [2.05, 4.69) is 43.2 Å². The highest BCUT2D eigenvalue weighted by Crippen LogP contribution is 2.09. The number of hydrogen-bond acceptors (Lipinski definition) is 3. The number of carbonyl (C=O) groups excluding carboxylic acids is 1. The lowest BCUT2D eigenvalue weighted by atomic mass is 10.1. The fourth-order valence-electron chi connectivity index (χ4n) is 1.67. The molecule has 1 aromatic carbocycles. The number of ether oxygens (including phenoxy) is 2. The first-order valence-corrected chi connectivity index (χ1v) is 10.8. The first kappa shape index (κ1) is 17.3. The third-order valence-corrected chi connectivity index (χ3v) is 3.54. The largest absolute Gasteiger partial charge is 0.509 e. The van der Waals surface area contributed by atoms with E-state index in [0.29, 0.717) is 13.0 Å². The van der Waals surface area contributed by atoms with E-state index in [1.807, 2.05) is 18.2 Å². The molecule has 0 radical (unpaired) electrons. The SMILES string of the molecule is CCOC(=O)OC(C#C[Si](C)(C)C)CCc1ccccc1. The van der Waals surface area contributed by atoms with Crippen molar-refractivity contribution in [3.63, 3.8) is 0 Å². The lowest BCUT2D eigenvalue weighted by Crippen LogP contribution is -2.21. The van der Waals surface area contributed by atoms with Crippen LogP contribution in [0.3, 0.4) is 0 Å². The highest BCUT2D eigenvalue weighted by atomic mass is 28.3. The van der Waals surface area contributed by atoms with Gasteiger partial charge in [-0.15, -0.1) is 5.54 Å². The van der Waals surface area contributed by atoms with Gasteiger partial charge >= 0.3 is 6.16 Å². The highest BCUT2D eigenvalue weighted by molar-refractivity contribution is 6.83. The molecular formula is C17H24O3Si. The van der Waals surface area contributed by atoms with Crippen molar-refractivity contribution in [1.82, 2.24) is 0 Å². The predicted molar refractivity (Wildman–Crippen MR) is 87.8 cm³/mol. The number of aryl methyl sites for hydroxylation is 1. The molecule has 0 aliphatic carbocycles. The molecule has 0 aliphatic rings. The molecule has 21 heavy (non-hydrogen) atoms. The van der Waals surface area contributed by atoms with Crippen molar-refractivity contribution < 1.29 is 14.3 Å². The van der Waals surface area contributed by atoms with Crippen LogP contribution in [0.5, 0.6) is 0 Å². The van der Waals surface area contributed by atoms with Crippen LogP contribution in [-0.2, 0) is 15.9 Å². The third-order valence-electron chi connectivity index (χ3n) is 2.65. The van der Waals surface area contributed by atoms with Crippen molar-refractivity contribution >= 4 is 14.2 Å². The third kappa shape index (κ3) is 8.21. The Morgan fingerprint density at radius 1 is 1.24 bits per heavy atom. The second-order valence-corrected chi connectivity index (χ2v) is 10.6. The number of benzene rings is 1. The number of carbonyl (C=O) groups is 1. The summed E-state index contributed by atoms with van der Waals surface area (Å²) in [4.78, 5) is 11.5. The van der Waals surface area contributed by atoms with Gasteiger partial charge in [0, 0.05) is 6.42 Å². The molecule has 0 aliphatic heterocycles. The minimum absolute atomic E-state index is 0.311. The molecule has 0 aromatic heterocycles. The minimum atomic E-state index is -1.49. The van der Waals surface area contributed by atoms with Gasteiger partial charge in [0.25, 0.3) is 0 Å². The number of rotatable bonds is 5. The van der Waals surface area contributed by atoms with Crippen LogP contribution in [0.4, 0.5) is 4.79 Å². The van der Waals surface area contributed by atoms with E-state index in [-0.39, 0.29) is 0 Å². The van der Waals surface area contributed by atoms with Crippen molar-refractivity contribution in [2.45, 2.75) is 45.5 Å². The zero-order valence-electron chi connectivity index (χ0n) is 13.3. The molecule has 0 bridgehead atoms. The van der Waals surface area contributed by atoms with Gasteiger partial charge in [0.2, 0.25) is 0 Å². The van der Waals surface area contributed by atoms with Gasteiger partial charge in [0.15, 0.2) is 6.10 Å². The van der Waals surface area contributed by atoms with Crippen LogP contribution in [0.1, 0.15) is 18.9 Å². The zero-order chi connectivity index (χ0) is 15.7. The predicted octanol–water partition coefficient (Wildman–Crippen LogP) is 4.04. The molecule has 1 unspecified atom stereocenters. The second kappa shape index (κ2) is 8.53. The average molecular weight is 304 g/mol. The van der Waals surface area contributed by atoms with E-state index in [4.69, 9.17) is 9.47 Å². The first-order chi connectivity index (χ1) is 9.90. The van der Waals surface area contributed by atoms with Gasteiger partial charge in [-0.3, -0.25) is 0 Å². The van der Waals surface area contributed by atoms with Crippen LogP contribution in [0.15, 0.2) is 30.3 Å². The Hall–Kier alpha value is -1.73. The van der Waals surface area contributed by atoms with E-state index in [1.54, 1.807) is 6.92 Å². The minimum Gasteiger partial charge on any atom is -0.435 e. The Morgan fingerprint density at radius 3 is 2.48 bits per heavy atom. The fraction of sp³-hybridized carbons (Fsp3) is 0.471.